The van der Waals surface area contributed by atoms with E-state index < -0.39 is 0 Å². The number of anilines is 1. The first-order valence-electron chi connectivity index (χ1n) is 4.48. The normalized spacial score (nSPS) is 15.8. The van der Waals surface area contributed by atoms with Gasteiger partial charge in [-0.2, -0.15) is 0 Å². The third-order valence-electron chi connectivity index (χ3n) is 2.29. The molecular weight excluding hydrogens is 162 g/mol. The van der Waals surface area contributed by atoms with E-state index in [9.17, 15) is 0 Å². The van der Waals surface area contributed by atoms with Gasteiger partial charge in [-0.1, -0.05) is 6.07 Å². The van der Waals surface area contributed by atoms with Gasteiger partial charge < -0.3 is 4.90 Å². The van der Waals surface area contributed by atoms with E-state index in [0.717, 1.165) is 18.9 Å². The summed E-state index contributed by atoms with van der Waals surface area (Å²) < 4.78 is 0. The van der Waals surface area contributed by atoms with E-state index in [2.05, 4.69) is 14.7 Å². The van der Waals surface area contributed by atoms with Gasteiger partial charge in [-0.3, -0.25) is 4.98 Å². The minimum absolute atomic E-state index is 0.614. The van der Waals surface area contributed by atoms with Crippen molar-refractivity contribution in [2.24, 2.45) is 0 Å². The van der Waals surface area contributed by atoms with Crippen LogP contribution in [0.2, 0.25) is 0 Å². The Labute approximate surface area is 77.8 Å². The van der Waals surface area contributed by atoms with Crippen LogP contribution in [0.15, 0.2) is 18.3 Å². The summed E-state index contributed by atoms with van der Waals surface area (Å²) in [5.74, 6) is 1.00. The predicted molar refractivity (Wildman–Crippen MR) is 51.9 cm³/mol. The zero-order valence-corrected chi connectivity index (χ0v) is 7.40. The summed E-state index contributed by atoms with van der Waals surface area (Å²) >= 11 is 0. The molecule has 0 bridgehead atoms. The molecule has 3 nitrogen and oxygen atoms in total. The molecule has 1 aliphatic rings. The zero-order chi connectivity index (χ0) is 9.10. The lowest BCUT2D eigenvalue weighted by Crippen LogP contribution is -2.18. The third kappa shape index (κ3) is 1.62. The van der Waals surface area contributed by atoms with E-state index in [4.69, 9.17) is 6.57 Å². The molecular formula is C10H11N3. The van der Waals surface area contributed by atoms with Gasteiger partial charge in [-0.05, 0) is 18.9 Å². The molecule has 2 rings (SSSR count). The Morgan fingerprint density at radius 3 is 2.62 bits per heavy atom. The van der Waals surface area contributed by atoms with Crippen molar-refractivity contribution in [2.75, 3.05) is 18.0 Å². The average Bonchev–Trinajstić information content (AvgIpc) is 2.71. The van der Waals surface area contributed by atoms with Crippen molar-refractivity contribution in [3.63, 3.8) is 0 Å². The Hall–Kier alpha value is -1.56. The second kappa shape index (κ2) is 3.44. The van der Waals surface area contributed by atoms with E-state index in [1.807, 2.05) is 12.1 Å². The summed E-state index contributed by atoms with van der Waals surface area (Å²) in [6, 6.07) is 3.76. The average molecular weight is 173 g/mol. The topological polar surface area (TPSA) is 20.5 Å². The van der Waals surface area contributed by atoms with Gasteiger partial charge in [-0.25, -0.2) is 4.85 Å². The molecule has 0 amide bonds. The number of nitrogens with zero attached hydrogens (tertiary/aromatic N) is 3. The van der Waals surface area contributed by atoms with Crippen LogP contribution in [0, 0.1) is 6.57 Å². The molecule has 0 saturated carbocycles. The highest BCUT2D eigenvalue weighted by Gasteiger charge is 2.12. The Bertz CT molecular complexity index is 317. The van der Waals surface area contributed by atoms with Crippen molar-refractivity contribution in [3.05, 3.63) is 29.7 Å². The molecule has 0 aliphatic carbocycles. The van der Waals surface area contributed by atoms with E-state index in [1.165, 1.54) is 12.8 Å². The highest BCUT2D eigenvalue weighted by molar-refractivity contribution is 5.49. The smallest absolute Gasteiger partial charge is 0.205 e. The standard InChI is InChI=1S/C10H11N3/c1-11-9-4-5-10(12-8-9)13-6-2-3-7-13/h4-5,8H,2-3,6-7H2. The maximum absolute atomic E-state index is 6.79. The fourth-order valence-corrected chi connectivity index (χ4v) is 1.58. The molecule has 3 heteroatoms. The van der Waals surface area contributed by atoms with Gasteiger partial charge in [-0.15, -0.1) is 0 Å². The molecule has 0 spiro atoms. The lowest BCUT2D eigenvalue weighted by Gasteiger charge is -2.15. The summed E-state index contributed by atoms with van der Waals surface area (Å²) in [6.45, 7) is 9.00. The fourth-order valence-electron chi connectivity index (χ4n) is 1.58. The Kier molecular flexibility index (Phi) is 2.13. The van der Waals surface area contributed by atoms with Crippen molar-refractivity contribution in [1.82, 2.24) is 4.98 Å². The molecule has 1 aromatic heterocycles. The van der Waals surface area contributed by atoms with Gasteiger partial charge in [0.2, 0.25) is 5.69 Å². The van der Waals surface area contributed by atoms with Gasteiger partial charge in [0.05, 0.1) is 6.57 Å². The Balaban J connectivity index is 2.18. The molecule has 66 valence electrons. The SMILES string of the molecule is [C-]#[N+]c1ccc(N2CCCC2)nc1. The van der Waals surface area contributed by atoms with Crippen LogP contribution < -0.4 is 4.90 Å². The van der Waals surface area contributed by atoms with E-state index in [1.54, 1.807) is 6.20 Å². The van der Waals surface area contributed by atoms with Crippen molar-refractivity contribution in [3.8, 4) is 0 Å². The van der Waals surface area contributed by atoms with E-state index >= 15 is 0 Å². The van der Waals surface area contributed by atoms with Crippen LogP contribution in [0.1, 0.15) is 12.8 Å². The van der Waals surface area contributed by atoms with Gasteiger partial charge >= 0.3 is 0 Å². The monoisotopic (exact) mass is 173 g/mol. The minimum Gasteiger partial charge on any atom is -0.357 e. The highest BCUT2D eigenvalue weighted by Crippen LogP contribution is 2.19. The molecule has 13 heavy (non-hydrogen) atoms. The second-order valence-electron chi connectivity index (χ2n) is 3.18. The largest absolute Gasteiger partial charge is 0.357 e. The maximum Gasteiger partial charge on any atom is 0.205 e. The van der Waals surface area contributed by atoms with Crippen LogP contribution in [0.4, 0.5) is 11.5 Å². The first-order chi connectivity index (χ1) is 6.40. The predicted octanol–water partition coefficient (Wildman–Crippen LogP) is 2.23. The maximum atomic E-state index is 6.79. The summed E-state index contributed by atoms with van der Waals surface area (Å²) in [4.78, 5) is 9.81. The Morgan fingerprint density at radius 1 is 1.31 bits per heavy atom. The molecule has 0 radical (unpaired) electrons. The molecule has 1 aromatic rings. The Morgan fingerprint density at radius 2 is 2.08 bits per heavy atom. The molecule has 0 N–H and O–H groups in total. The van der Waals surface area contributed by atoms with Crippen molar-refractivity contribution in [2.45, 2.75) is 12.8 Å². The number of pyridine rings is 1. The van der Waals surface area contributed by atoms with Crippen molar-refractivity contribution < 1.29 is 0 Å². The highest BCUT2D eigenvalue weighted by atomic mass is 15.2. The minimum atomic E-state index is 0.614. The summed E-state index contributed by atoms with van der Waals surface area (Å²) in [5, 5.41) is 0. The third-order valence-corrected chi connectivity index (χ3v) is 2.29. The zero-order valence-electron chi connectivity index (χ0n) is 7.40. The van der Waals surface area contributed by atoms with Crippen LogP contribution in [0.25, 0.3) is 4.85 Å². The number of rotatable bonds is 1. The van der Waals surface area contributed by atoms with Gasteiger partial charge in [0.15, 0.2) is 0 Å². The molecule has 2 heterocycles. The first-order valence-corrected chi connectivity index (χ1v) is 4.48. The molecule has 0 atom stereocenters. The quantitative estimate of drug-likeness (QED) is 0.607. The molecule has 0 aromatic carbocycles. The van der Waals surface area contributed by atoms with Crippen LogP contribution in [0.5, 0.6) is 0 Å². The van der Waals surface area contributed by atoms with E-state index in [0.29, 0.717) is 5.69 Å². The molecule has 0 unspecified atom stereocenters. The number of aromatic nitrogens is 1. The lowest BCUT2D eigenvalue weighted by molar-refractivity contribution is 0.938. The first kappa shape index (κ1) is 8.06. The van der Waals surface area contributed by atoms with Crippen LogP contribution in [-0.2, 0) is 0 Å². The molecule has 1 saturated heterocycles. The number of hydrogen-bond donors (Lipinski definition) is 0. The summed E-state index contributed by atoms with van der Waals surface area (Å²) in [6.07, 6.45) is 4.15. The van der Waals surface area contributed by atoms with Gasteiger partial charge in [0.25, 0.3) is 0 Å². The summed E-state index contributed by atoms with van der Waals surface area (Å²) in [7, 11) is 0. The van der Waals surface area contributed by atoms with Crippen LogP contribution in [-0.4, -0.2) is 18.1 Å². The van der Waals surface area contributed by atoms with E-state index in [-0.39, 0.29) is 0 Å². The molecule has 1 aliphatic heterocycles. The second-order valence-corrected chi connectivity index (χ2v) is 3.18. The summed E-state index contributed by atoms with van der Waals surface area (Å²) in [5.41, 5.74) is 0.614. The fraction of sp³-hybridized carbons (Fsp3) is 0.400. The van der Waals surface area contributed by atoms with Crippen LogP contribution in [0.3, 0.4) is 0 Å². The van der Waals surface area contributed by atoms with Crippen molar-refractivity contribution in [1.29, 1.82) is 0 Å². The van der Waals surface area contributed by atoms with Gasteiger partial charge in [0.1, 0.15) is 5.82 Å². The van der Waals surface area contributed by atoms with Crippen LogP contribution >= 0.6 is 0 Å². The lowest BCUT2D eigenvalue weighted by atomic mass is 10.4. The number of hydrogen-bond acceptors (Lipinski definition) is 2. The molecule has 1 fully saturated rings. The van der Waals surface area contributed by atoms with Crippen molar-refractivity contribution >= 4 is 11.5 Å². The van der Waals surface area contributed by atoms with Gasteiger partial charge in [0, 0.05) is 19.3 Å².